The molecule has 1 aliphatic rings. The van der Waals surface area contributed by atoms with Crippen LogP contribution in [0.5, 0.6) is 0 Å². The van der Waals surface area contributed by atoms with E-state index in [0.717, 1.165) is 28.5 Å². The molecule has 4 rings (SSSR count). The highest BCUT2D eigenvalue weighted by atomic mass is 32.2. The van der Waals surface area contributed by atoms with Crippen molar-refractivity contribution in [2.75, 3.05) is 0 Å². The number of benzene rings is 2. The molecule has 7 nitrogen and oxygen atoms in total. The SMILES string of the molecule is Cc1cccc(CN2C(=O)S/C(=C\c3ccc(-c4ccc(C)cc4[N+](=O)[O-])o3)C2=O)c1. The number of carbonyl (C=O) groups excluding carboxylic acids is 2. The highest BCUT2D eigenvalue weighted by molar-refractivity contribution is 8.18. The van der Waals surface area contributed by atoms with E-state index in [1.807, 2.05) is 31.2 Å². The lowest BCUT2D eigenvalue weighted by molar-refractivity contribution is -0.384. The van der Waals surface area contributed by atoms with Crippen molar-refractivity contribution in [3.8, 4) is 11.3 Å². The molecular formula is C23H18N2O5S. The molecular weight excluding hydrogens is 416 g/mol. The third kappa shape index (κ3) is 4.29. The van der Waals surface area contributed by atoms with Crippen LogP contribution in [-0.2, 0) is 11.3 Å². The molecule has 31 heavy (non-hydrogen) atoms. The second-order valence-corrected chi connectivity index (χ2v) is 8.23. The number of aryl methyl sites for hydroxylation is 2. The maximum atomic E-state index is 12.8. The van der Waals surface area contributed by atoms with E-state index in [1.54, 1.807) is 31.2 Å². The quantitative estimate of drug-likeness (QED) is 0.290. The molecule has 2 aromatic carbocycles. The van der Waals surface area contributed by atoms with Crippen LogP contribution in [-0.4, -0.2) is 21.0 Å². The molecule has 0 unspecified atom stereocenters. The standard InChI is InChI=1S/C23H18N2O5S/c1-14-4-3-5-16(10-14)13-24-22(26)21(31-23(24)27)12-17-7-9-20(30-17)18-8-6-15(2)11-19(18)25(28)29/h3-12H,13H2,1-2H3/b21-12-. The number of nitro benzene ring substituents is 1. The van der Waals surface area contributed by atoms with Gasteiger partial charge in [-0.15, -0.1) is 0 Å². The summed E-state index contributed by atoms with van der Waals surface area (Å²) in [6.45, 7) is 3.92. The smallest absolute Gasteiger partial charge is 0.293 e. The molecule has 0 N–H and O–H groups in total. The molecule has 156 valence electrons. The first-order valence-electron chi connectivity index (χ1n) is 9.48. The highest BCUT2D eigenvalue weighted by Gasteiger charge is 2.35. The Labute approximate surface area is 182 Å². The van der Waals surface area contributed by atoms with Crippen molar-refractivity contribution in [1.82, 2.24) is 4.90 Å². The van der Waals surface area contributed by atoms with Crippen LogP contribution in [0.4, 0.5) is 10.5 Å². The van der Waals surface area contributed by atoms with Crippen LogP contribution in [0, 0.1) is 24.0 Å². The highest BCUT2D eigenvalue weighted by Crippen LogP contribution is 2.36. The number of hydrogen-bond acceptors (Lipinski definition) is 6. The molecule has 0 atom stereocenters. The third-order valence-electron chi connectivity index (χ3n) is 4.81. The zero-order valence-electron chi connectivity index (χ0n) is 16.8. The van der Waals surface area contributed by atoms with Gasteiger partial charge in [0.25, 0.3) is 16.8 Å². The fourth-order valence-electron chi connectivity index (χ4n) is 3.33. The van der Waals surface area contributed by atoms with Gasteiger partial charge >= 0.3 is 0 Å². The molecule has 3 aromatic rings. The lowest BCUT2D eigenvalue weighted by Crippen LogP contribution is -2.27. The lowest BCUT2D eigenvalue weighted by atomic mass is 10.1. The zero-order chi connectivity index (χ0) is 22.1. The summed E-state index contributed by atoms with van der Waals surface area (Å²) in [6.07, 6.45) is 1.49. The van der Waals surface area contributed by atoms with E-state index >= 15 is 0 Å². The Morgan fingerprint density at radius 3 is 2.58 bits per heavy atom. The van der Waals surface area contributed by atoms with Crippen LogP contribution in [0.2, 0.25) is 0 Å². The Kier molecular flexibility index (Phi) is 5.48. The number of furan rings is 1. The first-order chi connectivity index (χ1) is 14.8. The average molecular weight is 434 g/mol. The number of rotatable bonds is 5. The van der Waals surface area contributed by atoms with Gasteiger partial charge in [-0.2, -0.15) is 0 Å². The molecule has 1 aliphatic heterocycles. The van der Waals surface area contributed by atoms with Crippen LogP contribution in [0.15, 0.2) is 63.9 Å². The van der Waals surface area contributed by atoms with Gasteiger partial charge in [0.05, 0.1) is 21.9 Å². The summed E-state index contributed by atoms with van der Waals surface area (Å²) in [5.74, 6) is 0.263. The van der Waals surface area contributed by atoms with Gasteiger partial charge in [-0.25, -0.2) is 0 Å². The minimum atomic E-state index is -0.457. The van der Waals surface area contributed by atoms with Gasteiger partial charge in [-0.3, -0.25) is 24.6 Å². The molecule has 0 radical (unpaired) electrons. The van der Waals surface area contributed by atoms with Gasteiger partial charge in [0.1, 0.15) is 11.5 Å². The Balaban J connectivity index is 1.58. The van der Waals surface area contributed by atoms with Gasteiger partial charge in [0.15, 0.2) is 0 Å². The van der Waals surface area contributed by atoms with Gasteiger partial charge in [-0.05, 0) is 54.9 Å². The molecule has 2 amide bonds. The van der Waals surface area contributed by atoms with Gasteiger partial charge in [0, 0.05) is 12.1 Å². The van der Waals surface area contributed by atoms with Crippen molar-refractivity contribution in [2.24, 2.45) is 0 Å². The second-order valence-electron chi connectivity index (χ2n) is 7.24. The van der Waals surface area contributed by atoms with Crippen molar-refractivity contribution in [3.63, 3.8) is 0 Å². The maximum absolute atomic E-state index is 12.8. The van der Waals surface area contributed by atoms with Crippen molar-refractivity contribution in [2.45, 2.75) is 20.4 Å². The Hall–Kier alpha value is -3.65. The largest absolute Gasteiger partial charge is 0.456 e. The summed E-state index contributed by atoms with van der Waals surface area (Å²) in [6, 6.07) is 15.7. The zero-order valence-corrected chi connectivity index (χ0v) is 17.6. The Bertz CT molecular complexity index is 1240. The molecule has 8 heteroatoms. The van der Waals surface area contributed by atoms with Gasteiger partial charge < -0.3 is 4.42 Å². The van der Waals surface area contributed by atoms with E-state index in [-0.39, 0.29) is 22.4 Å². The van der Waals surface area contributed by atoms with Crippen molar-refractivity contribution < 1.29 is 18.9 Å². The minimum absolute atomic E-state index is 0.0561. The topological polar surface area (TPSA) is 93.7 Å². The molecule has 1 aromatic heterocycles. The van der Waals surface area contributed by atoms with Gasteiger partial charge in [-0.1, -0.05) is 35.9 Å². The van der Waals surface area contributed by atoms with E-state index in [4.69, 9.17) is 4.42 Å². The summed E-state index contributed by atoms with van der Waals surface area (Å²) in [5.41, 5.74) is 2.98. The summed E-state index contributed by atoms with van der Waals surface area (Å²) in [5, 5.41) is 11.0. The Morgan fingerprint density at radius 1 is 1.06 bits per heavy atom. The average Bonchev–Trinajstić information content (AvgIpc) is 3.28. The summed E-state index contributed by atoms with van der Waals surface area (Å²) >= 11 is 0.845. The summed E-state index contributed by atoms with van der Waals surface area (Å²) in [4.78, 5) is 37.5. The minimum Gasteiger partial charge on any atom is -0.456 e. The fraction of sp³-hybridized carbons (Fsp3) is 0.130. The van der Waals surface area contributed by atoms with E-state index in [0.29, 0.717) is 17.1 Å². The number of hydrogen-bond donors (Lipinski definition) is 0. The maximum Gasteiger partial charge on any atom is 0.293 e. The van der Waals surface area contributed by atoms with Crippen LogP contribution in [0.1, 0.15) is 22.5 Å². The number of amides is 2. The summed E-state index contributed by atoms with van der Waals surface area (Å²) < 4.78 is 5.74. The van der Waals surface area contributed by atoms with E-state index in [2.05, 4.69) is 0 Å². The molecule has 0 aliphatic carbocycles. The molecule has 1 fully saturated rings. The van der Waals surface area contributed by atoms with Crippen LogP contribution < -0.4 is 0 Å². The third-order valence-corrected chi connectivity index (χ3v) is 5.72. The predicted molar refractivity (Wildman–Crippen MR) is 118 cm³/mol. The van der Waals surface area contributed by atoms with Gasteiger partial charge in [0.2, 0.25) is 0 Å². The van der Waals surface area contributed by atoms with Crippen LogP contribution in [0.3, 0.4) is 0 Å². The lowest BCUT2D eigenvalue weighted by Gasteiger charge is -2.12. The van der Waals surface area contributed by atoms with E-state index in [9.17, 15) is 19.7 Å². The normalized spacial score (nSPS) is 15.2. The molecule has 0 bridgehead atoms. The predicted octanol–water partition coefficient (Wildman–Crippen LogP) is 5.71. The fourth-order valence-corrected chi connectivity index (χ4v) is 4.15. The van der Waals surface area contributed by atoms with Crippen molar-refractivity contribution in [3.05, 3.63) is 92.1 Å². The van der Waals surface area contributed by atoms with Crippen molar-refractivity contribution in [1.29, 1.82) is 0 Å². The second kappa shape index (κ2) is 8.23. The number of nitro groups is 1. The molecule has 2 heterocycles. The van der Waals surface area contributed by atoms with E-state index in [1.165, 1.54) is 17.0 Å². The van der Waals surface area contributed by atoms with Crippen molar-refractivity contribution >= 4 is 34.7 Å². The van der Waals surface area contributed by atoms with E-state index < -0.39 is 10.8 Å². The number of nitrogens with zero attached hydrogens (tertiary/aromatic N) is 2. The van der Waals surface area contributed by atoms with Crippen LogP contribution in [0.25, 0.3) is 17.4 Å². The summed E-state index contributed by atoms with van der Waals surface area (Å²) in [7, 11) is 0. The first-order valence-corrected chi connectivity index (χ1v) is 10.3. The first kappa shape index (κ1) is 20.6. The monoisotopic (exact) mass is 434 g/mol. The Morgan fingerprint density at radius 2 is 1.84 bits per heavy atom. The van der Waals surface area contributed by atoms with Crippen LogP contribution >= 0.6 is 11.8 Å². The molecule has 1 saturated heterocycles. The molecule has 0 saturated carbocycles. The number of imide groups is 1. The number of carbonyl (C=O) groups is 2. The molecule has 0 spiro atoms. The number of thioether (sulfide) groups is 1.